The second-order valence-electron chi connectivity index (χ2n) is 7.20. The fourth-order valence-corrected chi connectivity index (χ4v) is 3.99. The summed E-state index contributed by atoms with van der Waals surface area (Å²) in [7, 11) is 0. The molecule has 4 aromatic rings. The van der Waals surface area contributed by atoms with E-state index in [2.05, 4.69) is 53.2 Å². The largest absolute Gasteiger partial charge is 0.349 e. The van der Waals surface area contributed by atoms with Crippen molar-refractivity contribution in [3.63, 3.8) is 0 Å². The van der Waals surface area contributed by atoms with Crippen LogP contribution in [0.4, 0.5) is 10.3 Å². The first-order valence-electron chi connectivity index (χ1n) is 9.24. The van der Waals surface area contributed by atoms with Gasteiger partial charge in [-0.2, -0.15) is 0 Å². The van der Waals surface area contributed by atoms with Crippen LogP contribution in [0.1, 0.15) is 35.2 Å². The van der Waals surface area contributed by atoms with Crippen molar-refractivity contribution in [2.75, 3.05) is 5.32 Å². The van der Waals surface area contributed by atoms with Crippen molar-refractivity contribution < 1.29 is 4.39 Å². The van der Waals surface area contributed by atoms with E-state index in [9.17, 15) is 4.39 Å². The van der Waals surface area contributed by atoms with Crippen molar-refractivity contribution in [2.24, 2.45) is 0 Å². The van der Waals surface area contributed by atoms with E-state index in [0.29, 0.717) is 0 Å². The topological polar surface area (TPSA) is 29.9 Å². The number of benzene rings is 3. The van der Waals surface area contributed by atoms with Crippen LogP contribution in [-0.4, -0.2) is 9.55 Å². The highest BCUT2D eigenvalue weighted by Gasteiger charge is 2.30. The maximum absolute atomic E-state index is 13.4. The number of fused-ring (bicyclic) bond motifs is 3. The smallest absolute Gasteiger partial charge is 0.204 e. The van der Waals surface area contributed by atoms with Crippen LogP contribution >= 0.6 is 0 Å². The summed E-state index contributed by atoms with van der Waals surface area (Å²) in [6.07, 6.45) is 0.877. The lowest BCUT2D eigenvalue weighted by molar-refractivity contribution is 0.477. The molecule has 1 N–H and O–H groups in total. The molecule has 2 heterocycles. The molecular weight excluding hydrogens is 337 g/mol. The predicted octanol–water partition coefficient (Wildman–Crippen LogP) is 5.63. The van der Waals surface area contributed by atoms with E-state index in [-0.39, 0.29) is 17.9 Å². The Hall–Kier alpha value is -3.14. The molecule has 27 heavy (non-hydrogen) atoms. The number of rotatable bonds is 2. The Morgan fingerprint density at radius 3 is 2.41 bits per heavy atom. The molecule has 0 amide bonds. The van der Waals surface area contributed by atoms with Crippen LogP contribution in [0, 0.1) is 12.7 Å². The normalized spacial score (nSPS) is 18.9. The van der Waals surface area contributed by atoms with E-state index < -0.39 is 0 Å². The average Bonchev–Trinajstić information content (AvgIpc) is 3.07. The molecular formula is C23H20FN3. The van der Waals surface area contributed by atoms with Gasteiger partial charge in [-0.3, -0.25) is 0 Å². The molecule has 1 aliphatic heterocycles. The number of anilines is 1. The number of hydrogen-bond acceptors (Lipinski definition) is 2. The van der Waals surface area contributed by atoms with Crippen LogP contribution in [0.2, 0.25) is 0 Å². The Kier molecular flexibility index (Phi) is 3.71. The number of hydrogen-bond donors (Lipinski definition) is 1. The van der Waals surface area contributed by atoms with Crippen molar-refractivity contribution in [3.05, 3.63) is 95.3 Å². The van der Waals surface area contributed by atoms with Crippen LogP contribution < -0.4 is 5.32 Å². The zero-order valence-electron chi connectivity index (χ0n) is 15.1. The molecule has 134 valence electrons. The highest BCUT2D eigenvalue weighted by Crippen LogP contribution is 2.41. The third kappa shape index (κ3) is 2.78. The van der Waals surface area contributed by atoms with E-state index >= 15 is 0 Å². The Morgan fingerprint density at radius 2 is 1.63 bits per heavy atom. The van der Waals surface area contributed by atoms with Crippen LogP contribution in [0.15, 0.2) is 72.8 Å². The van der Waals surface area contributed by atoms with Gasteiger partial charge in [-0.25, -0.2) is 9.37 Å². The first-order chi connectivity index (χ1) is 13.2. The summed E-state index contributed by atoms with van der Waals surface area (Å²) >= 11 is 0. The maximum atomic E-state index is 13.4. The molecule has 0 saturated heterocycles. The number of nitrogens with one attached hydrogen (secondary N) is 1. The SMILES string of the molecule is Cc1ccc([C@@H]2C[C@H](c3ccc(F)cc3)Nc3nc4ccccc4n32)cc1. The van der Waals surface area contributed by atoms with Crippen molar-refractivity contribution in [1.82, 2.24) is 9.55 Å². The van der Waals surface area contributed by atoms with Gasteiger partial charge < -0.3 is 9.88 Å². The molecule has 0 aliphatic carbocycles. The fourth-order valence-electron chi connectivity index (χ4n) is 3.99. The van der Waals surface area contributed by atoms with Crippen molar-refractivity contribution >= 4 is 17.0 Å². The second-order valence-corrected chi connectivity index (χ2v) is 7.20. The molecule has 0 fully saturated rings. The van der Waals surface area contributed by atoms with E-state index in [0.717, 1.165) is 29.0 Å². The minimum Gasteiger partial charge on any atom is -0.349 e. The minimum absolute atomic E-state index is 0.0845. The summed E-state index contributed by atoms with van der Waals surface area (Å²) in [6.45, 7) is 2.10. The summed E-state index contributed by atoms with van der Waals surface area (Å²) < 4.78 is 15.7. The van der Waals surface area contributed by atoms with Crippen molar-refractivity contribution in [2.45, 2.75) is 25.4 Å². The molecule has 1 aliphatic rings. The molecule has 0 bridgehead atoms. The van der Waals surface area contributed by atoms with Gasteiger partial charge >= 0.3 is 0 Å². The average molecular weight is 357 g/mol. The standard InChI is InChI=1S/C23H20FN3/c1-15-6-8-17(9-7-15)22-14-20(16-10-12-18(24)13-11-16)26-23-25-19-4-2-3-5-21(19)27(22)23/h2-13,20,22H,14H2,1H3,(H,25,26)/t20-,22+/m1/s1. The van der Waals surface area contributed by atoms with Crippen LogP contribution in [0.3, 0.4) is 0 Å². The van der Waals surface area contributed by atoms with Crippen LogP contribution in [0.25, 0.3) is 11.0 Å². The number of nitrogens with zero attached hydrogens (tertiary/aromatic N) is 2. The van der Waals surface area contributed by atoms with E-state index in [1.807, 2.05) is 24.3 Å². The quantitative estimate of drug-likeness (QED) is 0.504. The lowest BCUT2D eigenvalue weighted by Gasteiger charge is -2.33. The van der Waals surface area contributed by atoms with E-state index in [4.69, 9.17) is 4.98 Å². The van der Waals surface area contributed by atoms with Gasteiger partial charge in [0, 0.05) is 0 Å². The first-order valence-corrected chi connectivity index (χ1v) is 9.24. The number of imidazole rings is 1. The van der Waals surface area contributed by atoms with E-state index in [1.54, 1.807) is 0 Å². The Morgan fingerprint density at radius 1 is 0.926 bits per heavy atom. The molecule has 4 heteroatoms. The maximum Gasteiger partial charge on any atom is 0.204 e. The zero-order valence-corrected chi connectivity index (χ0v) is 15.1. The Balaban J connectivity index is 1.65. The van der Waals surface area contributed by atoms with Gasteiger partial charge in [0.25, 0.3) is 0 Å². The third-order valence-corrected chi connectivity index (χ3v) is 5.40. The second kappa shape index (κ2) is 6.23. The molecule has 3 nitrogen and oxygen atoms in total. The molecule has 2 atom stereocenters. The number of para-hydroxylation sites is 2. The molecule has 1 aromatic heterocycles. The first kappa shape index (κ1) is 16.1. The summed E-state index contributed by atoms with van der Waals surface area (Å²) in [6, 6.07) is 24.0. The van der Waals surface area contributed by atoms with Crippen LogP contribution in [-0.2, 0) is 0 Å². The minimum atomic E-state index is -0.211. The van der Waals surface area contributed by atoms with Gasteiger partial charge in [0.15, 0.2) is 0 Å². The lowest BCUT2D eigenvalue weighted by atomic mass is 9.92. The van der Waals surface area contributed by atoms with Gasteiger partial charge in [-0.15, -0.1) is 0 Å². The summed E-state index contributed by atoms with van der Waals surface area (Å²) in [4.78, 5) is 4.82. The fraction of sp³-hybridized carbons (Fsp3) is 0.174. The highest BCUT2D eigenvalue weighted by atomic mass is 19.1. The lowest BCUT2D eigenvalue weighted by Crippen LogP contribution is -2.27. The molecule has 0 saturated carbocycles. The predicted molar refractivity (Wildman–Crippen MR) is 106 cm³/mol. The zero-order chi connectivity index (χ0) is 18.4. The summed E-state index contributed by atoms with van der Waals surface area (Å²) in [5.41, 5.74) is 5.70. The number of aryl methyl sites for hydroxylation is 1. The van der Waals surface area contributed by atoms with Gasteiger partial charge in [0.1, 0.15) is 5.82 Å². The van der Waals surface area contributed by atoms with Gasteiger partial charge in [-0.1, -0.05) is 54.1 Å². The van der Waals surface area contributed by atoms with Gasteiger partial charge in [-0.05, 0) is 48.7 Å². The van der Waals surface area contributed by atoms with Crippen LogP contribution in [0.5, 0.6) is 0 Å². The molecule has 0 unspecified atom stereocenters. The van der Waals surface area contributed by atoms with Gasteiger partial charge in [0.2, 0.25) is 5.95 Å². The molecule has 5 rings (SSSR count). The van der Waals surface area contributed by atoms with Gasteiger partial charge in [0.05, 0.1) is 23.1 Å². The van der Waals surface area contributed by atoms with Crippen molar-refractivity contribution in [3.8, 4) is 0 Å². The summed E-state index contributed by atoms with van der Waals surface area (Å²) in [5, 5.41) is 3.56. The third-order valence-electron chi connectivity index (χ3n) is 5.40. The number of aromatic nitrogens is 2. The highest BCUT2D eigenvalue weighted by molar-refractivity contribution is 5.79. The Labute approximate surface area is 157 Å². The molecule has 0 spiro atoms. The van der Waals surface area contributed by atoms with E-state index in [1.165, 1.54) is 23.3 Å². The Bertz CT molecular complexity index is 1100. The summed E-state index contributed by atoms with van der Waals surface area (Å²) in [5.74, 6) is 0.652. The molecule has 0 radical (unpaired) electrons. The monoisotopic (exact) mass is 357 g/mol. The molecule has 3 aromatic carbocycles. The van der Waals surface area contributed by atoms with Crippen molar-refractivity contribution in [1.29, 1.82) is 0 Å². The number of halogens is 1.